The lowest BCUT2D eigenvalue weighted by molar-refractivity contribution is 0.144. The number of ether oxygens (including phenoxy) is 1. The third-order valence-corrected chi connectivity index (χ3v) is 2.06. The molecule has 72 valence electrons. The molecular formula is C8H18N2OS. The highest BCUT2D eigenvalue weighted by atomic mass is 32.1. The van der Waals surface area contributed by atoms with Gasteiger partial charge in [-0.2, -0.15) is 0 Å². The summed E-state index contributed by atoms with van der Waals surface area (Å²) in [7, 11) is 3.74. The van der Waals surface area contributed by atoms with E-state index in [4.69, 9.17) is 22.7 Å². The van der Waals surface area contributed by atoms with Gasteiger partial charge in [-0.1, -0.05) is 12.2 Å². The van der Waals surface area contributed by atoms with Crippen LogP contribution in [0.25, 0.3) is 0 Å². The minimum Gasteiger partial charge on any atom is -0.393 e. The maximum atomic E-state index is 5.43. The molecule has 1 atom stereocenters. The number of thiocarbonyl (C=S) groups is 1. The lowest BCUT2D eigenvalue weighted by Crippen LogP contribution is -2.34. The van der Waals surface area contributed by atoms with Crippen LogP contribution in [0.3, 0.4) is 0 Å². The minimum absolute atomic E-state index is 0.401. The summed E-state index contributed by atoms with van der Waals surface area (Å²) in [5, 5.41) is 0. The van der Waals surface area contributed by atoms with Crippen LogP contribution in [0.2, 0.25) is 0 Å². The standard InChI is InChI=1S/C8H18N2OS/c1-7(6-8(9)12)10(2)4-5-11-3/h7H,4-6H2,1-3H3,(H2,9,12). The van der Waals surface area contributed by atoms with Gasteiger partial charge >= 0.3 is 0 Å². The third-order valence-electron chi connectivity index (χ3n) is 1.90. The van der Waals surface area contributed by atoms with Crippen molar-refractivity contribution in [2.24, 2.45) is 5.73 Å². The molecule has 0 aliphatic heterocycles. The van der Waals surface area contributed by atoms with Crippen molar-refractivity contribution < 1.29 is 4.74 Å². The first-order valence-corrected chi connectivity index (χ1v) is 4.46. The molecule has 0 rings (SSSR count). The van der Waals surface area contributed by atoms with E-state index in [1.165, 1.54) is 0 Å². The van der Waals surface area contributed by atoms with Crippen LogP contribution in [0, 0.1) is 0 Å². The molecule has 1 unspecified atom stereocenters. The van der Waals surface area contributed by atoms with Gasteiger partial charge in [0.15, 0.2) is 0 Å². The van der Waals surface area contributed by atoms with Crippen molar-refractivity contribution in [1.29, 1.82) is 0 Å². The van der Waals surface area contributed by atoms with Crippen LogP contribution < -0.4 is 5.73 Å². The van der Waals surface area contributed by atoms with Crippen LogP contribution in [0.5, 0.6) is 0 Å². The average Bonchev–Trinajstić information content (AvgIpc) is 1.98. The van der Waals surface area contributed by atoms with E-state index < -0.39 is 0 Å². The lowest BCUT2D eigenvalue weighted by atomic mass is 10.2. The smallest absolute Gasteiger partial charge is 0.0742 e. The highest BCUT2D eigenvalue weighted by Gasteiger charge is 2.08. The first kappa shape index (κ1) is 11.8. The number of hydrogen-bond acceptors (Lipinski definition) is 3. The molecule has 2 N–H and O–H groups in total. The summed E-state index contributed by atoms with van der Waals surface area (Å²) in [4.78, 5) is 2.76. The Bertz CT molecular complexity index is 141. The molecule has 0 bridgehead atoms. The van der Waals surface area contributed by atoms with Crippen molar-refractivity contribution in [1.82, 2.24) is 4.90 Å². The van der Waals surface area contributed by atoms with Gasteiger partial charge in [-0.15, -0.1) is 0 Å². The summed E-state index contributed by atoms with van der Waals surface area (Å²) in [5.41, 5.74) is 5.43. The Morgan fingerprint density at radius 1 is 1.67 bits per heavy atom. The van der Waals surface area contributed by atoms with Crippen LogP contribution in [0.1, 0.15) is 13.3 Å². The number of rotatable bonds is 6. The number of nitrogens with two attached hydrogens (primary N) is 1. The summed E-state index contributed by atoms with van der Waals surface area (Å²) in [6.45, 7) is 3.77. The van der Waals surface area contributed by atoms with Gasteiger partial charge in [-0.3, -0.25) is 0 Å². The molecule has 0 amide bonds. The minimum atomic E-state index is 0.401. The summed E-state index contributed by atoms with van der Waals surface area (Å²) in [6.07, 6.45) is 0.773. The van der Waals surface area contributed by atoms with Gasteiger partial charge in [0.05, 0.1) is 11.6 Å². The molecule has 0 aromatic rings. The SMILES string of the molecule is COCCN(C)C(C)CC(N)=S. The topological polar surface area (TPSA) is 38.5 Å². The molecule has 4 heteroatoms. The zero-order chi connectivity index (χ0) is 9.56. The maximum Gasteiger partial charge on any atom is 0.0742 e. The zero-order valence-corrected chi connectivity index (χ0v) is 8.86. The normalized spacial score (nSPS) is 13.3. The molecule has 0 saturated heterocycles. The Morgan fingerprint density at radius 2 is 2.25 bits per heavy atom. The lowest BCUT2D eigenvalue weighted by Gasteiger charge is -2.23. The first-order valence-electron chi connectivity index (χ1n) is 4.05. The Morgan fingerprint density at radius 3 is 2.67 bits per heavy atom. The van der Waals surface area contributed by atoms with Crippen molar-refractivity contribution in [3.8, 4) is 0 Å². The molecule has 0 heterocycles. The van der Waals surface area contributed by atoms with Crippen molar-refractivity contribution >= 4 is 17.2 Å². The van der Waals surface area contributed by atoms with Crippen molar-refractivity contribution in [2.75, 3.05) is 27.3 Å². The fraction of sp³-hybridized carbons (Fsp3) is 0.875. The molecular weight excluding hydrogens is 172 g/mol. The van der Waals surface area contributed by atoms with E-state index in [1.807, 2.05) is 7.05 Å². The van der Waals surface area contributed by atoms with E-state index in [9.17, 15) is 0 Å². The van der Waals surface area contributed by atoms with Gasteiger partial charge in [0.25, 0.3) is 0 Å². The summed E-state index contributed by atoms with van der Waals surface area (Å²) < 4.78 is 4.96. The quantitative estimate of drug-likeness (QED) is 0.624. The fourth-order valence-corrected chi connectivity index (χ4v) is 1.14. The molecule has 0 aromatic heterocycles. The number of hydrogen-bond donors (Lipinski definition) is 1. The Balaban J connectivity index is 3.60. The van der Waals surface area contributed by atoms with Gasteiger partial charge in [-0.05, 0) is 14.0 Å². The van der Waals surface area contributed by atoms with Crippen molar-refractivity contribution in [2.45, 2.75) is 19.4 Å². The Kier molecular flexibility index (Phi) is 6.24. The first-order chi connectivity index (χ1) is 5.57. The second kappa shape index (κ2) is 6.34. The van der Waals surface area contributed by atoms with Crippen molar-refractivity contribution in [3.63, 3.8) is 0 Å². The zero-order valence-electron chi connectivity index (χ0n) is 8.04. The molecule has 0 aliphatic rings. The van der Waals surface area contributed by atoms with E-state index >= 15 is 0 Å². The van der Waals surface area contributed by atoms with E-state index in [1.54, 1.807) is 7.11 Å². The van der Waals surface area contributed by atoms with Gasteiger partial charge in [0.2, 0.25) is 0 Å². The third kappa shape index (κ3) is 5.46. The molecule has 0 aliphatic carbocycles. The molecule has 0 radical (unpaired) electrons. The Hall–Kier alpha value is -0.190. The highest BCUT2D eigenvalue weighted by Crippen LogP contribution is 2.00. The second-order valence-electron chi connectivity index (χ2n) is 2.99. The fourth-order valence-electron chi connectivity index (χ4n) is 0.903. The van der Waals surface area contributed by atoms with E-state index in [0.717, 1.165) is 19.6 Å². The average molecular weight is 190 g/mol. The summed E-state index contributed by atoms with van der Waals surface area (Å²) in [5.74, 6) is 0. The van der Waals surface area contributed by atoms with E-state index in [-0.39, 0.29) is 0 Å². The number of nitrogens with zero attached hydrogens (tertiary/aromatic N) is 1. The van der Waals surface area contributed by atoms with Gasteiger partial charge in [-0.25, -0.2) is 0 Å². The van der Waals surface area contributed by atoms with Gasteiger partial charge < -0.3 is 15.4 Å². The molecule has 3 nitrogen and oxygen atoms in total. The summed E-state index contributed by atoms with van der Waals surface area (Å²) >= 11 is 4.82. The van der Waals surface area contributed by atoms with Crippen LogP contribution in [-0.4, -0.2) is 43.2 Å². The molecule has 0 saturated carbocycles. The monoisotopic (exact) mass is 190 g/mol. The van der Waals surface area contributed by atoms with Gasteiger partial charge in [0, 0.05) is 26.1 Å². The second-order valence-corrected chi connectivity index (χ2v) is 3.52. The van der Waals surface area contributed by atoms with Crippen LogP contribution in [-0.2, 0) is 4.74 Å². The largest absolute Gasteiger partial charge is 0.393 e. The predicted octanol–water partition coefficient (Wildman–Crippen LogP) is 0.629. The van der Waals surface area contributed by atoms with E-state index in [2.05, 4.69) is 11.8 Å². The molecule has 12 heavy (non-hydrogen) atoms. The Labute approximate surface area is 79.9 Å². The molecule has 0 fully saturated rings. The van der Waals surface area contributed by atoms with Gasteiger partial charge in [0.1, 0.15) is 0 Å². The summed E-state index contributed by atoms with van der Waals surface area (Å²) in [6, 6.07) is 0.401. The highest BCUT2D eigenvalue weighted by molar-refractivity contribution is 7.80. The van der Waals surface area contributed by atoms with Crippen LogP contribution in [0.15, 0.2) is 0 Å². The maximum absolute atomic E-state index is 5.43. The van der Waals surface area contributed by atoms with Crippen LogP contribution >= 0.6 is 12.2 Å². The molecule has 0 aromatic carbocycles. The molecule has 0 spiro atoms. The predicted molar refractivity (Wildman–Crippen MR) is 55.4 cm³/mol. The van der Waals surface area contributed by atoms with E-state index in [0.29, 0.717) is 11.0 Å². The number of likely N-dealkylation sites (N-methyl/N-ethyl adjacent to an activating group) is 1. The van der Waals surface area contributed by atoms with Crippen LogP contribution in [0.4, 0.5) is 0 Å². The number of methoxy groups -OCH3 is 1. The van der Waals surface area contributed by atoms with Crippen molar-refractivity contribution in [3.05, 3.63) is 0 Å².